The van der Waals surface area contributed by atoms with Crippen LogP contribution in [0.2, 0.25) is 0 Å². The molecule has 0 N–H and O–H groups in total. The molecule has 76 heavy (non-hydrogen) atoms. The van der Waals surface area contributed by atoms with Gasteiger partial charge in [0.1, 0.15) is 0 Å². The summed E-state index contributed by atoms with van der Waals surface area (Å²) in [6.45, 7) is 13.1. The second-order valence-corrected chi connectivity index (χ2v) is 23.3. The Hall–Kier alpha value is -5.44. The van der Waals surface area contributed by atoms with Crippen LogP contribution in [-0.4, -0.2) is 13.7 Å². The molecule has 0 saturated heterocycles. The van der Waals surface area contributed by atoms with Crippen molar-refractivity contribution in [2.75, 3.05) is 0 Å². The summed E-state index contributed by atoms with van der Waals surface area (Å²) < 4.78 is 4.66. The molecule has 3 aromatic heterocycles. The zero-order valence-corrected chi connectivity index (χ0v) is 47.2. The molecule has 0 bridgehead atoms. The van der Waals surface area contributed by atoms with Gasteiger partial charge < -0.3 is 0 Å². The van der Waals surface area contributed by atoms with Crippen LogP contribution in [0.1, 0.15) is 252 Å². The first kappa shape index (κ1) is 55.3. The molecule has 6 aromatic carbocycles. The van der Waals surface area contributed by atoms with Crippen molar-refractivity contribution in [2.45, 2.75) is 252 Å². The van der Waals surface area contributed by atoms with Crippen molar-refractivity contribution >= 4 is 86.2 Å². The standard InChI is InChI=1S/C67H87N3O6/c1-7-13-19-25-31-43(32-26-20-14-8-2)68-62(71)48-39-37-46-47-38-40-49-55-53(65(74)69(63(49)72)44(33-27-21-15-9-3)34-28-22-16-10-4)42-51-59(57(47)55)58-50(41-52(64(68)73)54(48)56(46)58)60-61(51)67(76)70(66(60)75)45(35-29-23-17-11-5)36-30-24-18-12-6/h37-45H,7-36H2,1-6H3. The second kappa shape index (κ2) is 24.9. The average molecular weight is 1030 g/mol. The SMILES string of the molecule is CCCCCCC(CCCCCC)n1c(=O)c2ccc3c4ccc5c(=O)n(C(CCCCCC)CCCCCC)c(=O)c6cc7c8c(=O)n(C(CCCCCC)CCCCCC)c(=O)c8c8cc(c1=O)c2c3c8c7c4c56. The van der Waals surface area contributed by atoms with Gasteiger partial charge in [0, 0.05) is 50.4 Å². The summed E-state index contributed by atoms with van der Waals surface area (Å²) in [5, 5.41) is 8.97. The third-order valence-electron chi connectivity index (χ3n) is 18.0. The Morgan fingerprint density at radius 3 is 0.763 bits per heavy atom. The highest BCUT2D eigenvalue weighted by Gasteiger charge is 2.32. The molecule has 0 aliphatic heterocycles. The number of aromatic nitrogens is 3. The Balaban J connectivity index is 1.41. The van der Waals surface area contributed by atoms with E-state index < -0.39 is 0 Å². The zero-order valence-electron chi connectivity index (χ0n) is 47.2. The van der Waals surface area contributed by atoms with Crippen molar-refractivity contribution < 1.29 is 0 Å². The summed E-state index contributed by atoms with van der Waals surface area (Å²) in [5.74, 6) is 0. The van der Waals surface area contributed by atoms with Crippen LogP contribution >= 0.6 is 0 Å². The Morgan fingerprint density at radius 1 is 0.250 bits per heavy atom. The predicted molar refractivity (Wildman–Crippen MR) is 324 cm³/mol. The first-order chi connectivity index (χ1) is 37.1. The molecule has 0 aliphatic rings. The molecular weight excluding hydrogens is 943 g/mol. The van der Waals surface area contributed by atoms with Gasteiger partial charge in [0.15, 0.2) is 0 Å². The number of hydrogen-bond donors (Lipinski definition) is 0. The van der Waals surface area contributed by atoms with Gasteiger partial charge in [-0.3, -0.25) is 42.5 Å². The fraction of sp³-hybridized carbons (Fsp3) is 0.582. The lowest BCUT2D eigenvalue weighted by atomic mass is 9.81. The first-order valence-electron chi connectivity index (χ1n) is 30.8. The Labute approximate surface area is 448 Å². The smallest absolute Gasteiger partial charge is 0.262 e. The number of rotatable bonds is 33. The van der Waals surface area contributed by atoms with Crippen LogP contribution in [0, 0.1) is 0 Å². The summed E-state index contributed by atoms with van der Waals surface area (Å²) >= 11 is 0. The monoisotopic (exact) mass is 1030 g/mol. The van der Waals surface area contributed by atoms with Gasteiger partial charge >= 0.3 is 0 Å². The largest absolute Gasteiger partial charge is 0.271 e. The maximum atomic E-state index is 15.8. The Bertz CT molecular complexity index is 3490. The average Bonchev–Trinajstić information content (AvgIpc) is 3.79. The molecule has 0 unspecified atom stereocenters. The van der Waals surface area contributed by atoms with Gasteiger partial charge in [-0.2, -0.15) is 0 Å². The lowest BCUT2D eigenvalue weighted by molar-refractivity contribution is 0.384. The fourth-order valence-electron chi connectivity index (χ4n) is 14.0. The van der Waals surface area contributed by atoms with Crippen molar-refractivity contribution in [3.8, 4) is 0 Å². The molecule has 9 aromatic rings. The number of nitrogens with zero attached hydrogens (tertiary/aromatic N) is 3. The van der Waals surface area contributed by atoms with E-state index in [1.165, 1.54) is 0 Å². The van der Waals surface area contributed by atoms with Crippen LogP contribution in [0.15, 0.2) is 65.2 Å². The highest BCUT2D eigenvalue weighted by atomic mass is 16.2. The molecule has 406 valence electrons. The topological polar surface area (TPSA) is 117 Å². The number of fused-ring (bicyclic) bond motifs is 4. The van der Waals surface area contributed by atoms with Crippen LogP contribution < -0.4 is 33.4 Å². The van der Waals surface area contributed by atoms with E-state index in [0.29, 0.717) is 66.7 Å². The molecular formula is C67H87N3O6. The summed E-state index contributed by atoms with van der Waals surface area (Å²) in [6.07, 6.45) is 29.1. The van der Waals surface area contributed by atoms with E-state index in [-0.39, 0.29) is 62.3 Å². The van der Waals surface area contributed by atoms with Gasteiger partial charge in [-0.05, 0) is 106 Å². The van der Waals surface area contributed by atoms with Crippen LogP contribution in [0.4, 0.5) is 0 Å². The molecule has 9 heteroatoms. The molecule has 9 nitrogen and oxygen atoms in total. The summed E-state index contributed by atoms with van der Waals surface area (Å²) in [6, 6.07) is 10.6. The van der Waals surface area contributed by atoms with Gasteiger partial charge in [0.2, 0.25) is 0 Å². The lowest BCUT2D eigenvalue weighted by Crippen LogP contribution is -2.37. The van der Waals surface area contributed by atoms with E-state index in [1.54, 1.807) is 13.7 Å². The molecule has 0 atom stereocenters. The van der Waals surface area contributed by atoms with Crippen molar-refractivity contribution in [2.24, 2.45) is 0 Å². The molecule has 0 amide bonds. The van der Waals surface area contributed by atoms with Crippen molar-refractivity contribution in [3.05, 3.63) is 98.5 Å². The third-order valence-corrected chi connectivity index (χ3v) is 18.0. The van der Waals surface area contributed by atoms with Gasteiger partial charge in [-0.15, -0.1) is 0 Å². The van der Waals surface area contributed by atoms with E-state index in [0.717, 1.165) is 201 Å². The molecule has 3 heterocycles. The van der Waals surface area contributed by atoms with E-state index in [9.17, 15) is 0 Å². The third kappa shape index (κ3) is 10.0. The summed E-state index contributed by atoms with van der Waals surface area (Å²) in [7, 11) is 0. The number of benzene rings is 6. The maximum Gasteiger partial charge on any atom is 0.262 e. The van der Waals surface area contributed by atoms with Crippen LogP contribution in [0.3, 0.4) is 0 Å². The molecule has 0 fully saturated rings. The van der Waals surface area contributed by atoms with E-state index in [4.69, 9.17) is 0 Å². The van der Waals surface area contributed by atoms with Gasteiger partial charge in [0.05, 0.1) is 10.8 Å². The second-order valence-electron chi connectivity index (χ2n) is 23.3. The Morgan fingerprint density at radius 2 is 0.487 bits per heavy atom. The summed E-state index contributed by atoms with van der Waals surface area (Å²) in [5.41, 5.74) is -1.95. The van der Waals surface area contributed by atoms with E-state index in [1.807, 2.05) is 36.4 Å². The Kier molecular flexibility index (Phi) is 18.1. The van der Waals surface area contributed by atoms with Crippen molar-refractivity contribution in [3.63, 3.8) is 0 Å². The molecule has 0 radical (unpaired) electrons. The first-order valence-corrected chi connectivity index (χ1v) is 30.8. The normalized spacial score (nSPS) is 12.8. The predicted octanol–water partition coefficient (Wildman–Crippen LogP) is 17.1. The van der Waals surface area contributed by atoms with E-state index >= 15 is 28.8 Å². The molecule has 0 spiro atoms. The van der Waals surface area contributed by atoms with Crippen molar-refractivity contribution in [1.82, 2.24) is 13.7 Å². The fourth-order valence-corrected chi connectivity index (χ4v) is 14.0. The van der Waals surface area contributed by atoms with Crippen molar-refractivity contribution in [1.29, 1.82) is 0 Å². The van der Waals surface area contributed by atoms with Gasteiger partial charge in [0.25, 0.3) is 33.4 Å². The van der Waals surface area contributed by atoms with Crippen LogP contribution in [0.25, 0.3) is 86.2 Å². The quantitative estimate of drug-likeness (QED) is 0.0230. The molecule has 0 saturated carbocycles. The van der Waals surface area contributed by atoms with Crippen LogP contribution in [-0.2, 0) is 0 Å². The van der Waals surface area contributed by atoms with Gasteiger partial charge in [-0.1, -0.05) is 208 Å². The minimum Gasteiger partial charge on any atom is -0.271 e. The maximum absolute atomic E-state index is 15.8. The molecule has 9 rings (SSSR count). The van der Waals surface area contributed by atoms with E-state index in [2.05, 4.69) is 41.5 Å². The number of unbranched alkanes of at least 4 members (excludes halogenated alkanes) is 18. The summed E-state index contributed by atoms with van der Waals surface area (Å²) in [4.78, 5) is 93.2. The minimum atomic E-state index is -0.348. The molecule has 0 aliphatic carbocycles. The number of pyridine rings is 2. The highest BCUT2D eigenvalue weighted by Crippen LogP contribution is 2.50. The lowest BCUT2D eigenvalue weighted by Gasteiger charge is -2.24. The van der Waals surface area contributed by atoms with Crippen LogP contribution in [0.5, 0.6) is 0 Å². The van der Waals surface area contributed by atoms with Gasteiger partial charge in [-0.25, -0.2) is 0 Å². The minimum absolute atomic E-state index is 0.271. The number of hydrogen-bond acceptors (Lipinski definition) is 6. The zero-order chi connectivity index (χ0) is 53.6. The highest BCUT2D eigenvalue weighted by molar-refractivity contribution is 6.48.